The summed E-state index contributed by atoms with van der Waals surface area (Å²) in [4.78, 5) is 29.6. The maximum absolute atomic E-state index is 13.0. The second kappa shape index (κ2) is 7.44. The molecule has 0 saturated carbocycles. The monoisotopic (exact) mass is 333 g/mol. The van der Waals surface area contributed by atoms with Crippen LogP contribution in [0.1, 0.15) is 41.9 Å². The van der Waals surface area contributed by atoms with Crippen LogP contribution in [-0.4, -0.2) is 71.2 Å². The molecule has 2 N–H and O–H groups in total. The first kappa shape index (κ1) is 17.1. The first-order valence-electron chi connectivity index (χ1n) is 9.00. The third-order valence-corrected chi connectivity index (χ3v) is 5.19. The largest absolute Gasteiger partial charge is 0.337 e. The lowest BCUT2D eigenvalue weighted by molar-refractivity contribution is 0.0770. The highest BCUT2D eigenvalue weighted by molar-refractivity contribution is 5.95. The molecular formula is C17H27N5O2. The number of rotatable bonds is 4. The number of H-pyrrole nitrogens is 1. The Hall–Kier alpha value is -1.73. The zero-order valence-corrected chi connectivity index (χ0v) is 14.6. The topological polar surface area (TPSA) is 81.3 Å². The van der Waals surface area contributed by atoms with E-state index in [4.69, 9.17) is 0 Å². The number of hydrogen-bond donors (Lipinski definition) is 2. The number of aromatic nitrogens is 2. The van der Waals surface area contributed by atoms with Crippen LogP contribution >= 0.6 is 0 Å². The summed E-state index contributed by atoms with van der Waals surface area (Å²) in [6.45, 7) is 9.48. The van der Waals surface area contributed by atoms with Crippen LogP contribution in [0.15, 0.2) is 4.79 Å². The van der Waals surface area contributed by atoms with Crippen LogP contribution in [0.25, 0.3) is 0 Å². The van der Waals surface area contributed by atoms with E-state index in [0.717, 1.165) is 50.4 Å². The van der Waals surface area contributed by atoms with E-state index in [1.165, 1.54) is 0 Å². The van der Waals surface area contributed by atoms with Crippen LogP contribution in [0.4, 0.5) is 0 Å². The van der Waals surface area contributed by atoms with Crippen molar-refractivity contribution < 1.29 is 4.79 Å². The third-order valence-electron chi connectivity index (χ3n) is 5.19. The maximum atomic E-state index is 13.0. The van der Waals surface area contributed by atoms with Gasteiger partial charge < -0.3 is 10.2 Å². The van der Waals surface area contributed by atoms with Crippen LogP contribution in [0.5, 0.6) is 0 Å². The summed E-state index contributed by atoms with van der Waals surface area (Å²) in [6.07, 6.45) is 2.34. The molecule has 2 aliphatic heterocycles. The minimum absolute atomic E-state index is 0.136. The van der Waals surface area contributed by atoms with Gasteiger partial charge in [-0.15, -0.1) is 0 Å². The van der Waals surface area contributed by atoms with Gasteiger partial charge in [0, 0.05) is 45.3 Å². The summed E-state index contributed by atoms with van der Waals surface area (Å²) in [6, 6.07) is 0.410. The van der Waals surface area contributed by atoms with Gasteiger partial charge in [-0.05, 0) is 24.8 Å². The summed E-state index contributed by atoms with van der Waals surface area (Å²) in [5.41, 5.74) is 1.56. The number of nitrogens with one attached hydrogen (secondary N) is 2. The minimum atomic E-state index is -0.361. The smallest absolute Gasteiger partial charge is 0.277 e. The molecule has 0 radical (unpaired) electrons. The van der Waals surface area contributed by atoms with E-state index in [-0.39, 0.29) is 11.5 Å². The molecule has 1 atom stereocenters. The number of piperazine rings is 1. The Kier molecular flexibility index (Phi) is 5.30. The average Bonchev–Trinajstić information content (AvgIpc) is 3.11. The molecule has 0 aliphatic carbocycles. The van der Waals surface area contributed by atoms with Crippen LogP contribution in [0, 0.1) is 0 Å². The summed E-state index contributed by atoms with van der Waals surface area (Å²) >= 11 is 0. The molecule has 1 aromatic rings. The molecule has 0 bridgehead atoms. The summed E-state index contributed by atoms with van der Waals surface area (Å²) in [7, 11) is 0. The van der Waals surface area contributed by atoms with Gasteiger partial charge in [-0.2, -0.15) is 5.10 Å². The van der Waals surface area contributed by atoms with E-state index in [9.17, 15) is 9.59 Å². The highest BCUT2D eigenvalue weighted by Crippen LogP contribution is 2.20. The van der Waals surface area contributed by atoms with Gasteiger partial charge in [0.15, 0.2) is 0 Å². The van der Waals surface area contributed by atoms with Gasteiger partial charge in [0.1, 0.15) is 5.56 Å². The molecule has 3 rings (SSSR count). The van der Waals surface area contributed by atoms with Gasteiger partial charge in [0.25, 0.3) is 11.5 Å². The van der Waals surface area contributed by atoms with E-state index in [1.54, 1.807) is 0 Å². The lowest BCUT2D eigenvalue weighted by Crippen LogP contribution is -2.49. The molecule has 2 saturated heterocycles. The van der Waals surface area contributed by atoms with Gasteiger partial charge in [-0.1, -0.05) is 13.8 Å². The number of aromatic amines is 1. The normalized spacial score (nSPS) is 22.1. The Morgan fingerprint density at radius 3 is 2.62 bits per heavy atom. The predicted molar refractivity (Wildman–Crippen MR) is 92.4 cm³/mol. The van der Waals surface area contributed by atoms with Crippen LogP contribution < -0.4 is 10.9 Å². The van der Waals surface area contributed by atoms with E-state index in [2.05, 4.69) is 20.4 Å². The first-order chi connectivity index (χ1) is 11.7. The third kappa shape index (κ3) is 3.23. The van der Waals surface area contributed by atoms with Gasteiger partial charge in [-0.25, -0.2) is 5.10 Å². The molecule has 2 aliphatic rings. The molecule has 7 heteroatoms. The summed E-state index contributed by atoms with van der Waals surface area (Å²) < 4.78 is 0. The Morgan fingerprint density at radius 1 is 1.21 bits per heavy atom. The lowest BCUT2D eigenvalue weighted by atomic mass is 10.0. The molecule has 3 heterocycles. The van der Waals surface area contributed by atoms with E-state index in [0.29, 0.717) is 31.0 Å². The van der Waals surface area contributed by atoms with E-state index >= 15 is 0 Å². The van der Waals surface area contributed by atoms with Crippen molar-refractivity contribution in [1.82, 2.24) is 25.3 Å². The predicted octanol–water partition coefficient (Wildman–Crippen LogP) is 0.0144. The zero-order valence-electron chi connectivity index (χ0n) is 14.6. The number of aryl methyl sites for hydroxylation is 1. The van der Waals surface area contributed by atoms with E-state index < -0.39 is 0 Å². The van der Waals surface area contributed by atoms with Crippen molar-refractivity contribution in [3.8, 4) is 0 Å². The molecule has 0 aromatic carbocycles. The van der Waals surface area contributed by atoms with Gasteiger partial charge in [-0.3, -0.25) is 14.5 Å². The zero-order chi connectivity index (χ0) is 17.1. The number of nitrogens with zero attached hydrogens (tertiary/aromatic N) is 3. The fraction of sp³-hybridized carbons (Fsp3) is 0.706. The van der Waals surface area contributed by atoms with Crippen molar-refractivity contribution in [3.05, 3.63) is 27.2 Å². The van der Waals surface area contributed by atoms with Crippen molar-refractivity contribution in [2.75, 3.05) is 39.3 Å². The second-order valence-electron chi connectivity index (χ2n) is 6.54. The molecule has 1 amide bonds. The van der Waals surface area contributed by atoms with E-state index in [1.807, 2.05) is 18.7 Å². The highest BCUT2D eigenvalue weighted by Gasteiger charge is 2.33. The second-order valence-corrected chi connectivity index (χ2v) is 6.54. The summed E-state index contributed by atoms with van der Waals surface area (Å²) in [5.74, 6) is -0.136. The van der Waals surface area contributed by atoms with Crippen molar-refractivity contribution in [3.63, 3.8) is 0 Å². The maximum Gasteiger partial charge on any atom is 0.277 e. The Bertz CT molecular complexity index is 651. The van der Waals surface area contributed by atoms with Crippen LogP contribution in [0.2, 0.25) is 0 Å². The SMILES string of the molecule is CCc1n[nH]c(=O)c(C(=O)N2CCC(N3CCNCC3)C2)c1CC. The van der Waals surface area contributed by atoms with Gasteiger partial charge in [0.2, 0.25) is 0 Å². The van der Waals surface area contributed by atoms with Crippen LogP contribution in [-0.2, 0) is 12.8 Å². The van der Waals surface area contributed by atoms with Crippen molar-refractivity contribution in [2.24, 2.45) is 0 Å². The minimum Gasteiger partial charge on any atom is -0.337 e. The van der Waals surface area contributed by atoms with Gasteiger partial charge >= 0.3 is 0 Å². The molecule has 1 unspecified atom stereocenters. The molecular weight excluding hydrogens is 306 g/mol. The number of amides is 1. The Balaban J connectivity index is 1.79. The quantitative estimate of drug-likeness (QED) is 0.811. The molecule has 24 heavy (non-hydrogen) atoms. The number of hydrogen-bond acceptors (Lipinski definition) is 5. The Morgan fingerprint density at radius 2 is 1.96 bits per heavy atom. The number of carbonyl (C=O) groups is 1. The first-order valence-corrected chi connectivity index (χ1v) is 9.00. The standard InChI is InChI=1S/C17H27N5O2/c1-3-13-14(4-2)19-20-16(23)15(13)17(24)22-8-5-12(11-22)21-9-6-18-7-10-21/h12,18H,3-11H2,1-2H3,(H,20,23). The molecule has 7 nitrogen and oxygen atoms in total. The lowest BCUT2D eigenvalue weighted by Gasteiger charge is -2.32. The molecule has 0 spiro atoms. The van der Waals surface area contributed by atoms with Crippen molar-refractivity contribution >= 4 is 5.91 Å². The van der Waals surface area contributed by atoms with Crippen molar-refractivity contribution in [1.29, 1.82) is 0 Å². The molecule has 2 fully saturated rings. The van der Waals surface area contributed by atoms with Crippen LogP contribution in [0.3, 0.4) is 0 Å². The van der Waals surface area contributed by atoms with Crippen molar-refractivity contribution in [2.45, 2.75) is 39.2 Å². The average molecular weight is 333 g/mol. The Labute approximate surface area is 142 Å². The number of carbonyl (C=O) groups excluding carboxylic acids is 1. The summed E-state index contributed by atoms with van der Waals surface area (Å²) in [5, 5.41) is 9.96. The fourth-order valence-corrected chi connectivity index (χ4v) is 3.85. The van der Waals surface area contributed by atoms with Gasteiger partial charge in [0.05, 0.1) is 5.69 Å². The molecule has 1 aromatic heterocycles. The number of likely N-dealkylation sites (tertiary alicyclic amines) is 1. The highest BCUT2D eigenvalue weighted by atomic mass is 16.2. The molecule has 132 valence electrons. The fourth-order valence-electron chi connectivity index (χ4n) is 3.85.